The SMILES string of the molecule is CC1c2ccsc2CCN1C1CCc2cc(N)ccc21. The molecule has 0 amide bonds. The van der Waals surface area contributed by atoms with Crippen molar-refractivity contribution in [1.29, 1.82) is 0 Å². The first-order valence-corrected chi connectivity index (χ1v) is 8.32. The van der Waals surface area contributed by atoms with E-state index in [2.05, 4.69) is 41.5 Å². The summed E-state index contributed by atoms with van der Waals surface area (Å²) in [7, 11) is 0. The standard InChI is InChI=1S/C17H20N2S/c1-11-14-7-9-20-17(14)6-8-19(11)16-5-2-12-10-13(18)3-4-15(12)16/h3-4,7,9-11,16H,2,5-6,8,18H2,1H3. The quantitative estimate of drug-likeness (QED) is 0.804. The molecule has 0 spiro atoms. The van der Waals surface area contributed by atoms with Crippen molar-refractivity contribution in [3.8, 4) is 0 Å². The van der Waals surface area contributed by atoms with E-state index >= 15 is 0 Å². The van der Waals surface area contributed by atoms with Crippen LogP contribution < -0.4 is 5.73 Å². The fraction of sp³-hybridized carbons (Fsp3) is 0.412. The summed E-state index contributed by atoms with van der Waals surface area (Å²) in [6, 6.07) is 9.91. The van der Waals surface area contributed by atoms with E-state index in [9.17, 15) is 0 Å². The first-order valence-electron chi connectivity index (χ1n) is 7.44. The maximum Gasteiger partial charge on any atom is 0.0360 e. The molecule has 3 heteroatoms. The lowest BCUT2D eigenvalue weighted by Crippen LogP contribution is -2.35. The molecule has 2 N–H and O–H groups in total. The molecular formula is C17H20N2S. The maximum atomic E-state index is 5.92. The molecule has 2 aromatic rings. The van der Waals surface area contributed by atoms with Crippen molar-refractivity contribution in [2.24, 2.45) is 0 Å². The van der Waals surface area contributed by atoms with E-state index in [1.54, 1.807) is 10.4 Å². The topological polar surface area (TPSA) is 29.3 Å². The number of hydrogen-bond donors (Lipinski definition) is 1. The molecule has 2 nitrogen and oxygen atoms in total. The molecule has 1 aliphatic carbocycles. The minimum Gasteiger partial charge on any atom is -0.399 e. The van der Waals surface area contributed by atoms with Crippen LogP contribution in [0.25, 0.3) is 0 Å². The third kappa shape index (κ3) is 1.80. The van der Waals surface area contributed by atoms with E-state index in [1.807, 2.05) is 11.3 Å². The first-order chi connectivity index (χ1) is 9.74. The fourth-order valence-corrected chi connectivity index (χ4v) is 4.88. The van der Waals surface area contributed by atoms with Crippen LogP contribution in [0.3, 0.4) is 0 Å². The van der Waals surface area contributed by atoms with Gasteiger partial charge in [0.05, 0.1) is 0 Å². The van der Waals surface area contributed by atoms with Crippen molar-refractivity contribution in [1.82, 2.24) is 4.90 Å². The predicted octanol–water partition coefficient (Wildman–Crippen LogP) is 3.94. The van der Waals surface area contributed by atoms with Crippen molar-refractivity contribution in [3.05, 3.63) is 51.2 Å². The van der Waals surface area contributed by atoms with Gasteiger partial charge in [0.25, 0.3) is 0 Å². The molecule has 1 aliphatic heterocycles. The van der Waals surface area contributed by atoms with Gasteiger partial charge in [0, 0.05) is 29.2 Å². The molecule has 0 fully saturated rings. The van der Waals surface area contributed by atoms with Crippen molar-refractivity contribution in [2.45, 2.75) is 38.3 Å². The molecule has 0 radical (unpaired) electrons. The Morgan fingerprint density at radius 3 is 3.00 bits per heavy atom. The van der Waals surface area contributed by atoms with E-state index in [-0.39, 0.29) is 0 Å². The Morgan fingerprint density at radius 1 is 1.20 bits per heavy atom. The van der Waals surface area contributed by atoms with Gasteiger partial charge in [-0.1, -0.05) is 6.07 Å². The minimum atomic E-state index is 0.540. The van der Waals surface area contributed by atoms with E-state index < -0.39 is 0 Å². The highest BCUT2D eigenvalue weighted by Gasteiger charge is 2.34. The highest BCUT2D eigenvalue weighted by atomic mass is 32.1. The van der Waals surface area contributed by atoms with Crippen LogP contribution >= 0.6 is 11.3 Å². The number of anilines is 1. The summed E-state index contributed by atoms with van der Waals surface area (Å²) in [6.07, 6.45) is 3.62. The second kappa shape index (κ2) is 4.61. The Morgan fingerprint density at radius 2 is 2.10 bits per heavy atom. The average molecular weight is 284 g/mol. The lowest BCUT2D eigenvalue weighted by molar-refractivity contribution is 0.134. The van der Waals surface area contributed by atoms with Crippen LogP contribution in [0.5, 0.6) is 0 Å². The normalized spacial score (nSPS) is 25.4. The van der Waals surface area contributed by atoms with E-state index in [0.29, 0.717) is 12.1 Å². The lowest BCUT2D eigenvalue weighted by atomic mass is 9.97. The van der Waals surface area contributed by atoms with Crippen LogP contribution in [-0.2, 0) is 12.8 Å². The molecule has 0 saturated heterocycles. The van der Waals surface area contributed by atoms with Gasteiger partial charge in [-0.25, -0.2) is 0 Å². The summed E-state index contributed by atoms with van der Waals surface area (Å²) < 4.78 is 0. The first kappa shape index (κ1) is 12.4. The summed E-state index contributed by atoms with van der Waals surface area (Å²) in [5, 5.41) is 2.24. The zero-order valence-corrected chi connectivity index (χ0v) is 12.6. The van der Waals surface area contributed by atoms with Crippen LogP contribution in [0.4, 0.5) is 5.69 Å². The van der Waals surface area contributed by atoms with Crippen LogP contribution in [0, 0.1) is 0 Å². The van der Waals surface area contributed by atoms with Crippen LogP contribution in [-0.4, -0.2) is 11.4 Å². The summed E-state index contributed by atoms with van der Waals surface area (Å²) in [5.41, 5.74) is 11.3. The van der Waals surface area contributed by atoms with Gasteiger partial charge in [0.15, 0.2) is 0 Å². The Labute approximate surface area is 124 Å². The lowest BCUT2D eigenvalue weighted by Gasteiger charge is -2.38. The fourth-order valence-electron chi connectivity index (χ4n) is 3.91. The predicted molar refractivity (Wildman–Crippen MR) is 85.1 cm³/mol. The van der Waals surface area contributed by atoms with Crippen molar-refractivity contribution in [3.63, 3.8) is 0 Å². The summed E-state index contributed by atoms with van der Waals surface area (Å²) in [5.74, 6) is 0. The molecule has 1 aromatic carbocycles. The number of aryl methyl sites for hydroxylation is 1. The summed E-state index contributed by atoms with van der Waals surface area (Å²) in [6.45, 7) is 3.54. The Balaban J connectivity index is 1.68. The molecule has 0 bridgehead atoms. The number of nitrogens with two attached hydrogens (primary N) is 1. The molecule has 2 atom stereocenters. The number of nitrogens with zero attached hydrogens (tertiary/aromatic N) is 1. The molecular weight excluding hydrogens is 264 g/mol. The second-order valence-electron chi connectivity index (χ2n) is 5.98. The third-order valence-corrected chi connectivity index (χ3v) is 5.93. The van der Waals surface area contributed by atoms with Gasteiger partial charge in [0.1, 0.15) is 0 Å². The van der Waals surface area contributed by atoms with Gasteiger partial charge in [-0.2, -0.15) is 0 Å². The van der Waals surface area contributed by atoms with E-state index in [1.165, 1.54) is 36.9 Å². The highest BCUT2D eigenvalue weighted by molar-refractivity contribution is 7.10. The van der Waals surface area contributed by atoms with Gasteiger partial charge in [-0.15, -0.1) is 11.3 Å². The summed E-state index contributed by atoms with van der Waals surface area (Å²) in [4.78, 5) is 4.28. The molecule has 1 aromatic heterocycles. The maximum absolute atomic E-state index is 5.92. The smallest absolute Gasteiger partial charge is 0.0360 e. The molecule has 4 rings (SSSR count). The molecule has 2 aliphatic rings. The van der Waals surface area contributed by atoms with Gasteiger partial charge in [-0.3, -0.25) is 4.90 Å². The van der Waals surface area contributed by atoms with Gasteiger partial charge >= 0.3 is 0 Å². The average Bonchev–Trinajstić information content (AvgIpc) is 3.05. The van der Waals surface area contributed by atoms with Gasteiger partial charge < -0.3 is 5.73 Å². The minimum absolute atomic E-state index is 0.540. The molecule has 20 heavy (non-hydrogen) atoms. The van der Waals surface area contributed by atoms with E-state index in [0.717, 1.165) is 5.69 Å². The monoisotopic (exact) mass is 284 g/mol. The molecule has 0 saturated carbocycles. The zero-order valence-electron chi connectivity index (χ0n) is 11.8. The Bertz CT molecular complexity index is 646. The molecule has 2 unspecified atom stereocenters. The Kier molecular flexibility index (Phi) is 2.86. The number of fused-ring (bicyclic) bond motifs is 2. The number of rotatable bonds is 1. The number of hydrogen-bond acceptors (Lipinski definition) is 3. The zero-order chi connectivity index (χ0) is 13.7. The summed E-state index contributed by atoms with van der Waals surface area (Å²) >= 11 is 1.92. The third-order valence-electron chi connectivity index (χ3n) is 4.94. The highest BCUT2D eigenvalue weighted by Crippen LogP contribution is 2.43. The van der Waals surface area contributed by atoms with Crippen molar-refractivity contribution in [2.75, 3.05) is 12.3 Å². The second-order valence-corrected chi connectivity index (χ2v) is 6.98. The number of benzene rings is 1. The molecule has 104 valence electrons. The van der Waals surface area contributed by atoms with Crippen LogP contribution in [0.15, 0.2) is 29.6 Å². The van der Waals surface area contributed by atoms with Gasteiger partial charge in [-0.05, 0) is 66.5 Å². The van der Waals surface area contributed by atoms with Crippen LogP contribution in [0.1, 0.15) is 47.0 Å². The largest absolute Gasteiger partial charge is 0.399 e. The van der Waals surface area contributed by atoms with Crippen molar-refractivity contribution < 1.29 is 0 Å². The van der Waals surface area contributed by atoms with Crippen LogP contribution in [0.2, 0.25) is 0 Å². The number of nitrogen functional groups attached to an aromatic ring is 1. The Hall–Kier alpha value is -1.32. The number of thiophene rings is 1. The van der Waals surface area contributed by atoms with E-state index in [4.69, 9.17) is 5.73 Å². The van der Waals surface area contributed by atoms with Crippen molar-refractivity contribution >= 4 is 17.0 Å². The molecule has 2 heterocycles. The van der Waals surface area contributed by atoms with Gasteiger partial charge in [0.2, 0.25) is 0 Å².